The Labute approximate surface area is 179 Å². The molecule has 152 valence electrons. The number of nitrogens with zero attached hydrogens (tertiary/aromatic N) is 2. The molecule has 1 amide bonds. The van der Waals surface area contributed by atoms with Gasteiger partial charge in [-0.1, -0.05) is 36.4 Å². The fourth-order valence-corrected chi connectivity index (χ4v) is 4.47. The second-order valence-electron chi connectivity index (χ2n) is 7.47. The average Bonchev–Trinajstić information content (AvgIpc) is 3.08. The van der Waals surface area contributed by atoms with Gasteiger partial charge in [0.2, 0.25) is 0 Å². The number of carbonyl (C=O) groups excluding carboxylic acids is 1. The minimum Gasteiger partial charge on any atom is -0.321 e. The van der Waals surface area contributed by atoms with E-state index in [0.29, 0.717) is 27.2 Å². The number of amides is 1. The lowest BCUT2D eigenvalue weighted by Gasteiger charge is -2.07. The molecule has 0 spiro atoms. The van der Waals surface area contributed by atoms with E-state index in [1.54, 1.807) is 10.9 Å². The van der Waals surface area contributed by atoms with E-state index in [9.17, 15) is 9.59 Å². The van der Waals surface area contributed by atoms with E-state index in [4.69, 9.17) is 0 Å². The Bertz CT molecular complexity index is 1290. The zero-order chi connectivity index (χ0) is 21.3. The summed E-state index contributed by atoms with van der Waals surface area (Å²) >= 11 is 1.26. The average molecular weight is 418 g/mol. The van der Waals surface area contributed by atoms with Gasteiger partial charge in [0.15, 0.2) is 0 Å². The molecule has 0 atom stereocenters. The van der Waals surface area contributed by atoms with Gasteiger partial charge in [0.05, 0.1) is 16.6 Å². The van der Waals surface area contributed by atoms with Gasteiger partial charge >= 0.3 is 0 Å². The van der Waals surface area contributed by atoms with Crippen LogP contribution in [0.5, 0.6) is 0 Å². The molecule has 30 heavy (non-hydrogen) atoms. The lowest BCUT2D eigenvalue weighted by atomic mass is 10.1. The Morgan fingerprint density at radius 1 is 1.07 bits per heavy atom. The SMILES string of the molecule is Cc1ccc(NC(=O)c2sc3ncn(CCc4ccccc4)c(=O)c3c2C)cc1C. The molecule has 0 aliphatic rings. The van der Waals surface area contributed by atoms with Crippen molar-refractivity contribution >= 4 is 33.1 Å². The summed E-state index contributed by atoms with van der Waals surface area (Å²) in [7, 11) is 0. The Morgan fingerprint density at radius 2 is 1.83 bits per heavy atom. The Hall–Kier alpha value is -3.25. The Balaban J connectivity index is 1.61. The van der Waals surface area contributed by atoms with Crippen molar-refractivity contribution in [3.8, 4) is 0 Å². The molecule has 2 heterocycles. The molecule has 4 aromatic rings. The maximum atomic E-state index is 13.0. The third kappa shape index (κ3) is 3.91. The highest BCUT2D eigenvalue weighted by atomic mass is 32.1. The van der Waals surface area contributed by atoms with Crippen LogP contribution in [0, 0.1) is 20.8 Å². The number of aryl methyl sites for hydroxylation is 5. The molecule has 0 saturated carbocycles. The summed E-state index contributed by atoms with van der Waals surface area (Å²) in [6.07, 6.45) is 2.33. The van der Waals surface area contributed by atoms with E-state index in [2.05, 4.69) is 10.3 Å². The van der Waals surface area contributed by atoms with Gasteiger partial charge in [-0.05, 0) is 61.6 Å². The first-order chi connectivity index (χ1) is 14.4. The molecule has 0 saturated heterocycles. The molecular weight excluding hydrogens is 394 g/mol. The van der Waals surface area contributed by atoms with E-state index >= 15 is 0 Å². The van der Waals surface area contributed by atoms with Crippen LogP contribution in [0.2, 0.25) is 0 Å². The van der Waals surface area contributed by atoms with Crippen LogP contribution in [0.3, 0.4) is 0 Å². The maximum absolute atomic E-state index is 13.0. The van der Waals surface area contributed by atoms with Crippen molar-refractivity contribution in [2.24, 2.45) is 0 Å². The number of fused-ring (bicyclic) bond motifs is 1. The fourth-order valence-electron chi connectivity index (χ4n) is 3.44. The lowest BCUT2D eigenvalue weighted by Crippen LogP contribution is -2.21. The van der Waals surface area contributed by atoms with Gasteiger partial charge in [-0.25, -0.2) is 4.98 Å². The van der Waals surface area contributed by atoms with Crippen LogP contribution < -0.4 is 10.9 Å². The standard InChI is InChI=1S/C24H23N3O2S/c1-15-9-10-19(13-16(15)2)26-22(28)21-17(3)20-23(30-21)25-14-27(24(20)29)12-11-18-7-5-4-6-8-18/h4-10,13-14H,11-12H2,1-3H3,(H,26,28). The molecule has 0 bridgehead atoms. The summed E-state index contributed by atoms with van der Waals surface area (Å²) < 4.78 is 1.63. The normalized spacial score (nSPS) is 11.0. The minimum atomic E-state index is -0.214. The van der Waals surface area contributed by atoms with Crippen LogP contribution in [0.15, 0.2) is 59.7 Å². The highest BCUT2D eigenvalue weighted by Crippen LogP contribution is 2.28. The second-order valence-corrected chi connectivity index (χ2v) is 8.47. The molecule has 0 aliphatic heterocycles. The predicted molar refractivity (Wildman–Crippen MR) is 123 cm³/mol. The Kier molecular flexibility index (Phi) is 5.50. The topological polar surface area (TPSA) is 64.0 Å². The largest absolute Gasteiger partial charge is 0.321 e. The van der Waals surface area contributed by atoms with Crippen molar-refractivity contribution in [3.63, 3.8) is 0 Å². The maximum Gasteiger partial charge on any atom is 0.266 e. The van der Waals surface area contributed by atoms with Gasteiger partial charge in [0.1, 0.15) is 4.83 Å². The highest BCUT2D eigenvalue weighted by molar-refractivity contribution is 7.20. The van der Waals surface area contributed by atoms with Crippen molar-refractivity contribution in [2.45, 2.75) is 33.7 Å². The van der Waals surface area contributed by atoms with Gasteiger partial charge in [-0.2, -0.15) is 0 Å². The van der Waals surface area contributed by atoms with Crippen molar-refractivity contribution in [3.05, 3.63) is 92.3 Å². The quantitative estimate of drug-likeness (QED) is 0.503. The number of rotatable bonds is 5. The van der Waals surface area contributed by atoms with E-state index in [-0.39, 0.29) is 11.5 Å². The fraction of sp³-hybridized carbons (Fsp3) is 0.208. The molecule has 2 aromatic heterocycles. The molecule has 0 fully saturated rings. The monoisotopic (exact) mass is 417 g/mol. The van der Waals surface area contributed by atoms with Gasteiger partial charge in [0.25, 0.3) is 11.5 Å². The first-order valence-corrected chi connectivity index (χ1v) is 10.7. The van der Waals surface area contributed by atoms with Crippen LogP contribution in [-0.4, -0.2) is 15.5 Å². The van der Waals surface area contributed by atoms with Crippen molar-refractivity contribution in [1.82, 2.24) is 9.55 Å². The third-order valence-corrected chi connectivity index (χ3v) is 6.57. The summed E-state index contributed by atoms with van der Waals surface area (Å²) in [5, 5.41) is 3.47. The smallest absolute Gasteiger partial charge is 0.266 e. The predicted octanol–water partition coefficient (Wildman–Crippen LogP) is 4.88. The summed E-state index contributed by atoms with van der Waals surface area (Å²) in [5.74, 6) is -0.214. The highest BCUT2D eigenvalue weighted by Gasteiger charge is 2.19. The van der Waals surface area contributed by atoms with Crippen LogP contribution in [0.4, 0.5) is 5.69 Å². The van der Waals surface area contributed by atoms with Crippen LogP contribution in [0.25, 0.3) is 10.2 Å². The van der Waals surface area contributed by atoms with Crippen molar-refractivity contribution in [2.75, 3.05) is 5.32 Å². The molecular formula is C24H23N3O2S. The van der Waals surface area contributed by atoms with Gasteiger partial charge in [0, 0.05) is 12.2 Å². The van der Waals surface area contributed by atoms with Gasteiger partial charge in [-0.3, -0.25) is 14.2 Å². The number of hydrogen-bond acceptors (Lipinski definition) is 4. The third-order valence-electron chi connectivity index (χ3n) is 5.37. The zero-order valence-corrected chi connectivity index (χ0v) is 18.0. The Morgan fingerprint density at radius 3 is 2.57 bits per heavy atom. The molecule has 5 nitrogen and oxygen atoms in total. The summed E-state index contributed by atoms with van der Waals surface area (Å²) in [6.45, 7) is 6.41. The first-order valence-electron chi connectivity index (χ1n) is 9.85. The molecule has 2 aromatic carbocycles. The zero-order valence-electron chi connectivity index (χ0n) is 17.2. The van der Waals surface area contributed by atoms with Crippen LogP contribution >= 0.6 is 11.3 Å². The molecule has 6 heteroatoms. The van der Waals surface area contributed by atoms with E-state index in [1.165, 1.54) is 22.5 Å². The molecule has 4 rings (SSSR count). The number of hydrogen-bond donors (Lipinski definition) is 1. The van der Waals surface area contributed by atoms with E-state index in [0.717, 1.165) is 17.7 Å². The van der Waals surface area contributed by atoms with Gasteiger partial charge < -0.3 is 5.32 Å². The molecule has 0 unspecified atom stereocenters. The molecule has 1 N–H and O–H groups in total. The first kappa shape index (κ1) is 20.0. The summed E-state index contributed by atoms with van der Waals surface area (Å²) in [6, 6.07) is 15.9. The van der Waals surface area contributed by atoms with Gasteiger partial charge in [-0.15, -0.1) is 11.3 Å². The number of nitrogens with one attached hydrogen (secondary N) is 1. The summed E-state index contributed by atoms with van der Waals surface area (Å²) in [5.41, 5.74) is 4.78. The number of aromatic nitrogens is 2. The summed E-state index contributed by atoms with van der Waals surface area (Å²) in [4.78, 5) is 31.5. The van der Waals surface area contributed by atoms with E-state index in [1.807, 2.05) is 69.3 Å². The number of thiophene rings is 1. The molecule has 0 radical (unpaired) electrons. The number of carbonyl (C=O) groups is 1. The molecule has 0 aliphatic carbocycles. The van der Waals surface area contributed by atoms with Crippen LogP contribution in [0.1, 0.15) is 31.9 Å². The van der Waals surface area contributed by atoms with Crippen molar-refractivity contribution < 1.29 is 4.79 Å². The van der Waals surface area contributed by atoms with Crippen LogP contribution in [-0.2, 0) is 13.0 Å². The second kappa shape index (κ2) is 8.24. The van der Waals surface area contributed by atoms with Crippen molar-refractivity contribution in [1.29, 1.82) is 0 Å². The number of benzene rings is 2. The van der Waals surface area contributed by atoms with E-state index < -0.39 is 0 Å². The number of anilines is 1. The lowest BCUT2D eigenvalue weighted by molar-refractivity contribution is 0.103. The minimum absolute atomic E-state index is 0.102.